The number of benzene rings is 1. The number of methoxy groups -OCH3 is 2. The predicted molar refractivity (Wildman–Crippen MR) is 125 cm³/mol. The summed E-state index contributed by atoms with van der Waals surface area (Å²) in [5.41, 5.74) is -0.527. The van der Waals surface area contributed by atoms with Gasteiger partial charge in [0.2, 0.25) is 21.7 Å². The Kier molecular flexibility index (Phi) is 9.90. The zero-order valence-corrected chi connectivity index (χ0v) is 20.5. The molecule has 0 bridgehead atoms. The molecule has 0 saturated carbocycles. The number of sulfonamides is 1. The summed E-state index contributed by atoms with van der Waals surface area (Å²) < 4.78 is 43.7. The summed E-state index contributed by atoms with van der Waals surface area (Å²) in [5.74, 6) is 0.591. The molecule has 1 heterocycles. The number of hydrogen-bond acceptors (Lipinski definition) is 8. The molecule has 1 atom stereocenters. The van der Waals surface area contributed by atoms with E-state index in [2.05, 4.69) is 5.32 Å². The van der Waals surface area contributed by atoms with Crippen LogP contribution in [0.15, 0.2) is 46.2 Å². The van der Waals surface area contributed by atoms with E-state index in [-0.39, 0.29) is 31.1 Å². The van der Waals surface area contributed by atoms with Gasteiger partial charge >= 0.3 is 0 Å². The molecular formula is C22H31N3O8S. The van der Waals surface area contributed by atoms with Crippen molar-refractivity contribution in [2.45, 2.75) is 31.4 Å². The first-order valence-corrected chi connectivity index (χ1v) is 12.1. The molecular weight excluding hydrogens is 466 g/mol. The molecule has 0 saturated heterocycles. The lowest BCUT2D eigenvalue weighted by molar-refractivity contribution is -0.122. The first kappa shape index (κ1) is 27.2. The van der Waals surface area contributed by atoms with Crippen molar-refractivity contribution < 1.29 is 32.5 Å². The van der Waals surface area contributed by atoms with Crippen LogP contribution >= 0.6 is 0 Å². The van der Waals surface area contributed by atoms with Gasteiger partial charge in [-0.2, -0.15) is 4.31 Å². The number of ether oxygens (including phenoxy) is 3. The number of hydrogen-bond donors (Lipinski definition) is 2. The number of pyridine rings is 1. The number of aromatic nitrogens is 1. The number of nitrogens with one attached hydrogen (secondary N) is 1. The van der Waals surface area contributed by atoms with Gasteiger partial charge in [0.05, 0.1) is 19.1 Å². The lowest BCUT2D eigenvalue weighted by Crippen LogP contribution is -2.38. The molecule has 1 aromatic carbocycles. The first-order chi connectivity index (χ1) is 16.2. The number of aliphatic hydroxyl groups excluding tert-OH is 1. The molecule has 2 aromatic rings. The van der Waals surface area contributed by atoms with Gasteiger partial charge in [0.15, 0.2) is 11.5 Å². The van der Waals surface area contributed by atoms with E-state index in [1.165, 1.54) is 24.6 Å². The van der Waals surface area contributed by atoms with Crippen molar-refractivity contribution in [2.24, 2.45) is 0 Å². The van der Waals surface area contributed by atoms with Gasteiger partial charge in [-0.25, -0.2) is 8.42 Å². The van der Waals surface area contributed by atoms with Crippen LogP contribution in [0, 0.1) is 0 Å². The van der Waals surface area contributed by atoms with E-state index in [0.717, 1.165) is 16.8 Å². The monoisotopic (exact) mass is 497 g/mol. The van der Waals surface area contributed by atoms with Crippen molar-refractivity contribution >= 4 is 15.9 Å². The predicted octanol–water partition coefficient (Wildman–Crippen LogP) is 0.452. The van der Waals surface area contributed by atoms with E-state index in [1.54, 1.807) is 32.0 Å². The molecule has 0 spiro atoms. The zero-order valence-electron chi connectivity index (χ0n) is 19.7. The minimum Gasteiger partial charge on any atom is -0.493 e. The first-order valence-electron chi connectivity index (χ1n) is 10.7. The number of rotatable bonds is 13. The Morgan fingerprint density at radius 3 is 2.29 bits per heavy atom. The summed E-state index contributed by atoms with van der Waals surface area (Å²) in [6.07, 6.45) is 0.0768. The fourth-order valence-corrected chi connectivity index (χ4v) is 4.62. The molecule has 2 rings (SSSR count). The minimum atomic E-state index is -3.78. The number of carbonyl (C=O) groups excluding carboxylic acids is 1. The fraction of sp³-hybridized carbons (Fsp3) is 0.455. The van der Waals surface area contributed by atoms with Gasteiger partial charge in [0.1, 0.15) is 19.3 Å². The van der Waals surface area contributed by atoms with E-state index in [0.29, 0.717) is 17.2 Å². The highest BCUT2D eigenvalue weighted by Crippen LogP contribution is 2.36. The molecule has 0 aliphatic heterocycles. The maximum atomic E-state index is 12.7. The molecule has 34 heavy (non-hydrogen) atoms. The van der Waals surface area contributed by atoms with Gasteiger partial charge < -0.3 is 29.2 Å². The smallest absolute Gasteiger partial charge is 0.251 e. The van der Waals surface area contributed by atoms with Crippen LogP contribution in [0.2, 0.25) is 0 Å². The Bertz CT molecular complexity index is 1110. The van der Waals surface area contributed by atoms with Crippen LogP contribution in [0.3, 0.4) is 0 Å². The summed E-state index contributed by atoms with van der Waals surface area (Å²) in [7, 11) is -0.833. The Morgan fingerprint density at radius 2 is 1.74 bits per heavy atom. The number of nitrogens with zero attached hydrogens (tertiary/aromatic N) is 2. The van der Waals surface area contributed by atoms with Gasteiger partial charge in [-0.3, -0.25) is 9.59 Å². The third kappa shape index (κ3) is 6.72. The average molecular weight is 498 g/mol. The summed E-state index contributed by atoms with van der Waals surface area (Å²) >= 11 is 0. The third-order valence-electron chi connectivity index (χ3n) is 4.95. The Hall–Kier alpha value is -3.09. The summed E-state index contributed by atoms with van der Waals surface area (Å²) in [4.78, 5) is 24.4. The number of aliphatic hydroxyl groups is 1. The van der Waals surface area contributed by atoms with Crippen LogP contribution < -0.4 is 25.1 Å². The number of amides is 1. The molecule has 11 nitrogen and oxygen atoms in total. The minimum absolute atomic E-state index is 0.0807. The van der Waals surface area contributed by atoms with Crippen molar-refractivity contribution in [2.75, 3.05) is 40.5 Å². The quantitative estimate of drug-likeness (QED) is 0.407. The topological polar surface area (TPSA) is 136 Å². The molecule has 1 amide bonds. The van der Waals surface area contributed by atoms with Gasteiger partial charge in [0.25, 0.3) is 5.56 Å². The maximum absolute atomic E-state index is 12.7. The zero-order chi connectivity index (χ0) is 25.3. The average Bonchev–Trinajstić information content (AvgIpc) is 2.82. The molecule has 2 N–H and O–H groups in total. The SMILES string of the molecule is CCN(CC)S(=O)(=O)c1ccc(=O)n(CC(=O)NCC(O)COc2c(OC)cccc2OC)c1. The molecule has 0 aliphatic rings. The van der Waals surface area contributed by atoms with Crippen molar-refractivity contribution in [1.29, 1.82) is 0 Å². The normalized spacial score (nSPS) is 12.3. The second kappa shape index (κ2) is 12.4. The van der Waals surface area contributed by atoms with E-state index in [4.69, 9.17) is 14.2 Å². The van der Waals surface area contributed by atoms with Crippen LogP contribution in [-0.4, -0.2) is 74.9 Å². The second-order valence-electron chi connectivity index (χ2n) is 7.18. The number of carbonyl (C=O) groups is 1. The Morgan fingerprint density at radius 1 is 1.12 bits per heavy atom. The molecule has 1 unspecified atom stereocenters. The summed E-state index contributed by atoms with van der Waals surface area (Å²) in [5, 5.41) is 12.7. The van der Waals surface area contributed by atoms with Gasteiger partial charge in [-0.1, -0.05) is 19.9 Å². The van der Waals surface area contributed by atoms with Crippen LogP contribution in [0.25, 0.3) is 0 Å². The van der Waals surface area contributed by atoms with Crippen LogP contribution in [0.5, 0.6) is 17.2 Å². The van der Waals surface area contributed by atoms with E-state index >= 15 is 0 Å². The van der Waals surface area contributed by atoms with Crippen LogP contribution in [-0.2, 0) is 21.4 Å². The third-order valence-corrected chi connectivity index (χ3v) is 6.98. The van der Waals surface area contributed by atoms with Gasteiger partial charge in [-0.15, -0.1) is 0 Å². The highest BCUT2D eigenvalue weighted by Gasteiger charge is 2.22. The molecule has 0 aliphatic carbocycles. The fourth-order valence-electron chi connectivity index (χ4n) is 3.14. The highest BCUT2D eigenvalue weighted by atomic mass is 32.2. The molecule has 0 fully saturated rings. The highest BCUT2D eigenvalue weighted by molar-refractivity contribution is 7.89. The lowest BCUT2D eigenvalue weighted by atomic mass is 10.3. The van der Waals surface area contributed by atoms with E-state index in [9.17, 15) is 23.1 Å². The van der Waals surface area contributed by atoms with Crippen LogP contribution in [0.4, 0.5) is 0 Å². The molecule has 1 aromatic heterocycles. The Balaban J connectivity index is 1.99. The second-order valence-corrected chi connectivity index (χ2v) is 9.12. The van der Waals surface area contributed by atoms with E-state index in [1.807, 2.05) is 0 Å². The molecule has 0 radical (unpaired) electrons. The van der Waals surface area contributed by atoms with Gasteiger partial charge in [0, 0.05) is 31.9 Å². The van der Waals surface area contributed by atoms with Crippen molar-refractivity contribution in [3.8, 4) is 17.2 Å². The Labute approximate surface area is 198 Å². The van der Waals surface area contributed by atoms with Crippen LogP contribution in [0.1, 0.15) is 13.8 Å². The van der Waals surface area contributed by atoms with Crippen molar-refractivity contribution in [3.63, 3.8) is 0 Å². The molecule has 12 heteroatoms. The van der Waals surface area contributed by atoms with Crippen molar-refractivity contribution in [1.82, 2.24) is 14.2 Å². The number of para-hydroxylation sites is 1. The largest absolute Gasteiger partial charge is 0.493 e. The van der Waals surface area contributed by atoms with Crippen molar-refractivity contribution in [3.05, 3.63) is 46.9 Å². The summed E-state index contributed by atoms with van der Waals surface area (Å²) in [6, 6.07) is 7.41. The lowest BCUT2D eigenvalue weighted by Gasteiger charge is -2.19. The maximum Gasteiger partial charge on any atom is 0.251 e. The van der Waals surface area contributed by atoms with Gasteiger partial charge in [-0.05, 0) is 18.2 Å². The standard InChI is InChI=1S/C22H31N3O8S/c1-5-25(6-2)34(29,30)17-10-11-21(28)24(13-17)14-20(27)23-12-16(26)15-33-22-18(31-3)8-7-9-19(22)32-4/h7-11,13,16,26H,5-6,12,14-15H2,1-4H3,(H,23,27). The summed E-state index contributed by atoms with van der Waals surface area (Å²) in [6.45, 7) is 3.26. The van der Waals surface area contributed by atoms with E-state index < -0.39 is 34.1 Å². The molecule has 188 valence electrons.